The first-order valence-corrected chi connectivity index (χ1v) is 9.26. The van der Waals surface area contributed by atoms with Crippen molar-refractivity contribution in [1.82, 2.24) is 10.2 Å². The molecule has 0 atom stereocenters. The van der Waals surface area contributed by atoms with Crippen molar-refractivity contribution >= 4 is 40.5 Å². The Balaban J connectivity index is 1.71. The maximum Gasteiger partial charge on any atom is 0.277 e. The molecule has 6 nitrogen and oxygen atoms in total. The van der Waals surface area contributed by atoms with Crippen LogP contribution in [-0.2, 0) is 0 Å². The van der Waals surface area contributed by atoms with Gasteiger partial charge in [0.2, 0.25) is 0 Å². The summed E-state index contributed by atoms with van der Waals surface area (Å²) < 4.78 is 16.7. The SMILES string of the molecule is COc1ccc(-c2nnc(SCC(=O)c3ccc(Cl)s3)o2)c(OC)c1. The number of ketones is 1. The molecule has 9 heteroatoms. The van der Waals surface area contributed by atoms with Gasteiger partial charge in [-0.1, -0.05) is 23.4 Å². The number of rotatable bonds is 7. The predicted octanol–water partition coefficient (Wildman–Crippen LogP) is 4.44. The summed E-state index contributed by atoms with van der Waals surface area (Å²) in [6, 6.07) is 8.69. The van der Waals surface area contributed by atoms with Gasteiger partial charge in [-0.25, -0.2) is 0 Å². The number of benzene rings is 1. The van der Waals surface area contributed by atoms with Crippen LogP contribution in [0.15, 0.2) is 40.0 Å². The van der Waals surface area contributed by atoms with E-state index < -0.39 is 0 Å². The molecule has 0 aliphatic rings. The number of aromatic nitrogens is 2. The average molecular weight is 397 g/mol. The van der Waals surface area contributed by atoms with Crippen molar-refractivity contribution in [3.05, 3.63) is 39.5 Å². The van der Waals surface area contributed by atoms with Crippen molar-refractivity contribution < 1.29 is 18.7 Å². The largest absolute Gasteiger partial charge is 0.497 e. The number of carbonyl (C=O) groups is 1. The summed E-state index contributed by atoms with van der Waals surface area (Å²) in [4.78, 5) is 12.7. The first-order chi connectivity index (χ1) is 12.1. The average Bonchev–Trinajstić information content (AvgIpc) is 3.28. The van der Waals surface area contributed by atoms with E-state index in [9.17, 15) is 4.79 Å². The van der Waals surface area contributed by atoms with Gasteiger partial charge in [0.05, 0.1) is 34.7 Å². The molecule has 0 N–H and O–H groups in total. The fourth-order valence-corrected chi connectivity index (χ4v) is 3.73. The number of hydrogen-bond acceptors (Lipinski definition) is 8. The Kier molecular flexibility index (Phi) is 5.62. The number of methoxy groups -OCH3 is 2. The number of halogens is 1. The lowest BCUT2D eigenvalue weighted by atomic mass is 10.2. The molecule has 0 bridgehead atoms. The number of thioether (sulfide) groups is 1. The van der Waals surface area contributed by atoms with Crippen LogP contribution in [0.1, 0.15) is 9.67 Å². The Morgan fingerprint density at radius 2 is 2.08 bits per heavy atom. The quantitative estimate of drug-likeness (QED) is 0.431. The highest BCUT2D eigenvalue weighted by atomic mass is 35.5. The molecule has 130 valence electrons. The van der Waals surface area contributed by atoms with Crippen molar-refractivity contribution in [2.75, 3.05) is 20.0 Å². The van der Waals surface area contributed by atoms with E-state index in [1.54, 1.807) is 44.6 Å². The maximum absolute atomic E-state index is 12.1. The summed E-state index contributed by atoms with van der Waals surface area (Å²) in [6.07, 6.45) is 0. The first-order valence-electron chi connectivity index (χ1n) is 7.08. The third-order valence-corrected chi connectivity index (χ3v) is 5.31. The summed E-state index contributed by atoms with van der Waals surface area (Å²) >= 11 is 8.27. The van der Waals surface area contributed by atoms with Gasteiger partial charge >= 0.3 is 0 Å². The molecule has 0 aliphatic carbocycles. The normalized spacial score (nSPS) is 10.7. The molecule has 3 rings (SSSR count). The molecular weight excluding hydrogens is 384 g/mol. The van der Waals surface area contributed by atoms with Crippen molar-refractivity contribution in [2.45, 2.75) is 5.22 Å². The zero-order valence-electron chi connectivity index (χ0n) is 13.3. The van der Waals surface area contributed by atoms with E-state index in [2.05, 4.69) is 10.2 Å². The Hall–Kier alpha value is -2.03. The molecule has 2 heterocycles. The van der Waals surface area contributed by atoms with Crippen LogP contribution in [0, 0.1) is 0 Å². The fraction of sp³-hybridized carbons (Fsp3) is 0.188. The second-order valence-electron chi connectivity index (χ2n) is 4.75. The molecule has 0 fully saturated rings. The molecule has 0 amide bonds. The lowest BCUT2D eigenvalue weighted by molar-refractivity contribution is 0.102. The van der Waals surface area contributed by atoms with Crippen molar-refractivity contribution in [2.24, 2.45) is 0 Å². The molecule has 0 spiro atoms. The number of hydrogen-bond donors (Lipinski definition) is 0. The summed E-state index contributed by atoms with van der Waals surface area (Å²) in [6.45, 7) is 0. The van der Waals surface area contributed by atoms with Crippen LogP contribution in [0.2, 0.25) is 4.34 Å². The first kappa shape index (κ1) is 17.8. The summed E-state index contributed by atoms with van der Waals surface area (Å²) in [5.74, 6) is 1.69. The number of thiophene rings is 1. The minimum atomic E-state index is -0.0383. The van der Waals surface area contributed by atoms with Gasteiger partial charge in [0.25, 0.3) is 11.1 Å². The van der Waals surface area contributed by atoms with Crippen LogP contribution in [0.3, 0.4) is 0 Å². The van der Waals surface area contributed by atoms with Gasteiger partial charge in [-0.05, 0) is 24.3 Å². The van der Waals surface area contributed by atoms with Crippen LogP contribution in [0.5, 0.6) is 11.5 Å². The molecule has 0 saturated carbocycles. The number of carbonyl (C=O) groups excluding carboxylic acids is 1. The van der Waals surface area contributed by atoms with Crippen molar-refractivity contribution in [3.8, 4) is 23.0 Å². The number of nitrogens with zero attached hydrogens (tertiary/aromatic N) is 2. The fourth-order valence-electron chi connectivity index (χ4n) is 2.01. The second-order valence-corrected chi connectivity index (χ2v) is 7.40. The third kappa shape index (κ3) is 4.15. The molecule has 1 aromatic carbocycles. The number of ether oxygens (including phenoxy) is 2. The molecule has 0 saturated heterocycles. The van der Waals surface area contributed by atoms with E-state index in [-0.39, 0.29) is 11.5 Å². The molecular formula is C16H13ClN2O4S2. The van der Waals surface area contributed by atoms with Crippen LogP contribution >= 0.6 is 34.7 Å². The van der Waals surface area contributed by atoms with E-state index in [0.29, 0.717) is 37.4 Å². The topological polar surface area (TPSA) is 74.5 Å². The molecule has 3 aromatic rings. The van der Waals surface area contributed by atoms with E-state index >= 15 is 0 Å². The summed E-state index contributed by atoms with van der Waals surface area (Å²) in [5, 5.41) is 8.29. The monoisotopic (exact) mass is 396 g/mol. The Labute approximate surface area is 157 Å². The van der Waals surface area contributed by atoms with Gasteiger partial charge in [-0.2, -0.15) is 0 Å². The summed E-state index contributed by atoms with van der Waals surface area (Å²) in [5.41, 5.74) is 0.652. The zero-order valence-corrected chi connectivity index (χ0v) is 15.7. The van der Waals surface area contributed by atoms with Crippen molar-refractivity contribution in [1.29, 1.82) is 0 Å². The minimum Gasteiger partial charge on any atom is -0.497 e. The smallest absolute Gasteiger partial charge is 0.277 e. The van der Waals surface area contributed by atoms with E-state index in [4.69, 9.17) is 25.5 Å². The second kappa shape index (κ2) is 7.90. The molecule has 0 radical (unpaired) electrons. The Morgan fingerprint density at radius 1 is 1.24 bits per heavy atom. The minimum absolute atomic E-state index is 0.0383. The van der Waals surface area contributed by atoms with Crippen LogP contribution in [0.4, 0.5) is 0 Å². The lowest BCUT2D eigenvalue weighted by Crippen LogP contribution is -1.98. The van der Waals surface area contributed by atoms with Crippen LogP contribution < -0.4 is 9.47 Å². The molecule has 2 aromatic heterocycles. The van der Waals surface area contributed by atoms with Gasteiger partial charge in [0.15, 0.2) is 5.78 Å². The number of Topliss-reactive ketones (excluding diaryl/α,β-unsaturated/α-hetero) is 1. The zero-order chi connectivity index (χ0) is 17.8. The van der Waals surface area contributed by atoms with Gasteiger partial charge in [-0.15, -0.1) is 21.5 Å². The van der Waals surface area contributed by atoms with Crippen LogP contribution in [0.25, 0.3) is 11.5 Å². The van der Waals surface area contributed by atoms with E-state index in [1.807, 2.05) is 0 Å². The maximum atomic E-state index is 12.1. The van der Waals surface area contributed by atoms with E-state index in [1.165, 1.54) is 23.1 Å². The highest BCUT2D eigenvalue weighted by molar-refractivity contribution is 7.99. The molecule has 0 unspecified atom stereocenters. The predicted molar refractivity (Wildman–Crippen MR) is 97.2 cm³/mol. The van der Waals surface area contributed by atoms with Gasteiger partial charge in [-0.3, -0.25) is 4.79 Å². The van der Waals surface area contributed by atoms with Gasteiger partial charge < -0.3 is 13.9 Å². The highest BCUT2D eigenvalue weighted by Crippen LogP contribution is 2.34. The van der Waals surface area contributed by atoms with Gasteiger partial charge in [0.1, 0.15) is 11.5 Å². The van der Waals surface area contributed by atoms with Crippen LogP contribution in [-0.4, -0.2) is 36.0 Å². The Bertz CT molecular complexity index is 894. The molecule has 25 heavy (non-hydrogen) atoms. The van der Waals surface area contributed by atoms with Crippen molar-refractivity contribution in [3.63, 3.8) is 0 Å². The molecule has 0 aliphatic heterocycles. The standard InChI is InChI=1S/C16H13ClN2O4S2/c1-21-9-3-4-10(12(7-9)22-2)15-18-19-16(23-15)24-8-11(20)13-5-6-14(17)25-13/h3-7H,8H2,1-2H3. The summed E-state index contributed by atoms with van der Waals surface area (Å²) in [7, 11) is 3.13. The highest BCUT2D eigenvalue weighted by Gasteiger charge is 2.16. The Morgan fingerprint density at radius 3 is 2.76 bits per heavy atom. The van der Waals surface area contributed by atoms with E-state index in [0.717, 1.165) is 0 Å². The van der Waals surface area contributed by atoms with Gasteiger partial charge in [0, 0.05) is 6.07 Å². The lowest BCUT2D eigenvalue weighted by Gasteiger charge is -2.07. The third-order valence-electron chi connectivity index (χ3n) is 3.22.